The lowest BCUT2D eigenvalue weighted by Gasteiger charge is -2.15. The molecule has 0 radical (unpaired) electrons. The van der Waals surface area contributed by atoms with E-state index >= 15 is 0 Å². The predicted molar refractivity (Wildman–Crippen MR) is 96.6 cm³/mol. The van der Waals surface area contributed by atoms with E-state index in [-0.39, 0.29) is 5.91 Å². The number of rotatable bonds is 4. The molecule has 3 aromatic rings. The van der Waals surface area contributed by atoms with Crippen LogP contribution in [0.4, 0.5) is 0 Å². The highest BCUT2D eigenvalue weighted by molar-refractivity contribution is 7.19. The van der Waals surface area contributed by atoms with Gasteiger partial charge in [-0.2, -0.15) is 0 Å². The molecule has 0 saturated carbocycles. The van der Waals surface area contributed by atoms with Gasteiger partial charge < -0.3 is 4.90 Å². The summed E-state index contributed by atoms with van der Waals surface area (Å²) in [4.78, 5) is 18.3. The lowest BCUT2D eigenvalue weighted by atomic mass is 10.2. The predicted octanol–water partition coefficient (Wildman–Crippen LogP) is 4.62. The van der Waals surface area contributed by atoms with Crippen LogP contribution < -0.4 is 0 Å². The van der Waals surface area contributed by atoms with Crippen LogP contribution in [0, 0.1) is 0 Å². The van der Waals surface area contributed by atoms with Crippen LogP contribution >= 0.6 is 22.9 Å². The number of aromatic nitrogens is 1. The van der Waals surface area contributed by atoms with E-state index in [0.29, 0.717) is 11.6 Å². The summed E-state index contributed by atoms with van der Waals surface area (Å²) in [6, 6.07) is 15.4. The van der Waals surface area contributed by atoms with Crippen molar-refractivity contribution < 1.29 is 4.79 Å². The minimum absolute atomic E-state index is 0.0563. The van der Waals surface area contributed by atoms with Gasteiger partial charge in [-0.25, -0.2) is 4.98 Å². The molecule has 5 heteroatoms. The number of thiazole rings is 1. The number of benzene rings is 2. The largest absolute Gasteiger partial charge is 0.338 e. The van der Waals surface area contributed by atoms with Crippen molar-refractivity contribution in [2.75, 3.05) is 7.05 Å². The number of carbonyl (C=O) groups is 1. The zero-order chi connectivity index (χ0) is 16.2. The first-order chi connectivity index (χ1) is 11.1. The lowest BCUT2D eigenvalue weighted by Crippen LogP contribution is -2.24. The fourth-order valence-corrected chi connectivity index (χ4v) is 3.17. The maximum absolute atomic E-state index is 12.2. The minimum Gasteiger partial charge on any atom is -0.338 e. The summed E-state index contributed by atoms with van der Waals surface area (Å²) in [5.41, 5.74) is 2.00. The summed E-state index contributed by atoms with van der Waals surface area (Å²) in [5.74, 6) is -0.0563. The van der Waals surface area contributed by atoms with Crippen molar-refractivity contribution in [3.63, 3.8) is 0 Å². The van der Waals surface area contributed by atoms with E-state index in [0.717, 1.165) is 20.8 Å². The van der Waals surface area contributed by atoms with E-state index in [2.05, 4.69) is 4.98 Å². The summed E-state index contributed by atoms with van der Waals surface area (Å²) in [6.45, 7) is 0.542. The Labute approximate surface area is 143 Å². The highest BCUT2D eigenvalue weighted by Gasteiger charge is 2.07. The number of amides is 1. The van der Waals surface area contributed by atoms with Gasteiger partial charge in [0.25, 0.3) is 0 Å². The van der Waals surface area contributed by atoms with Gasteiger partial charge in [0.1, 0.15) is 5.01 Å². The van der Waals surface area contributed by atoms with E-state index in [4.69, 9.17) is 11.6 Å². The molecule has 23 heavy (non-hydrogen) atoms. The van der Waals surface area contributed by atoms with Gasteiger partial charge in [0.05, 0.1) is 10.2 Å². The van der Waals surface area contributed by atoms with Crippen LogP contribution in [0.2, 0.25) is 5.02 Å². The van der Waals surface area contributed by atoms with Crippen LogP contribution in [0.5, 0.6) is 0 Å². The van der Waals surface area contributed by atoms with Crippen LogP contribution in [0.3, 0.4) is 0 Å². The Hall–Kier alpha value is -2.17. The Balaban J connectivity index is 1.66. The van der Waals surface area contributed by atoms with E-state index in [1.165, 1.54) is 0 Å². The maximum atomic E-state index is 12.2. The van der Waals surface area contributed by atoms with Gasteiger partial charge in [-0.15, -0.1) is 11.3 Å². The number of halogens is 1. The topological polar surface area (TPSA) is 33.2 Å². The zero-order valence-electron chi connectivity index (χ0n) is 12.6. The second-order valence-corrected chi connectivity index (χ2v) is 6.67. The van der Waals surface area contributed by atoms with E-state index in [1.54, 1.807) is 35.4 Å². The molecule has 0 saturated heterocycles. The van der Waals surface area contributed by atoms with Gasteiger partial charge >= 0.3 is 0 Å². The van der Waals surface area contributed by atoms with Crippen LogP contribution in [-0.2, 0) is 11.3 Å². The average Bonchev–Trinajstić information content (AvgIpc) is 2.97. The number of nitrogens with zero attached hydrogens (tertiary/aromatic N) is 2. The first kappa shape index (κ1) is 15.7. The minimum atomic E-state index is -0.0563. The third kappa shape index (κ3) is 3.97. The summed E-state index contributed by atoms with van der Waals surface area (Å²) < 4.78 is 1.12. The Morgan fingerprint density at radius 1 is 1.22 bits per heavy atom. The van der Waals surface area contributed by atoms with Gasteiger partial charge in [-0.1, -0.05) is 35.9 Å². The van der Waals surface area contributed by atoms with Gasteiger partial charge in [-0.05, 0) is 35.9 Å². The fraction of sp³-hybridized carbons (Fsp3) is 0.111. The SMILES string of the molecule is CN(Cc1ccc(Cl)cc1)C(=O)/C=C/c1nc2ccccc2s1. The van der Waals surface area contributed by atoms with Crippen LogP contribution in [0.1, 0.15) is 10.6 Å². The molecule has 1 aromatic heterocycles. The fourth-order valence-electron chi connectivity index (χ4n) is 2.17. The first-order valence-electron chi connectivity index (χ1n) is 7.15. The molecule has 0 unspecified atom stereocenters. The molecule has 1 amide bonds. The number of hydrogen-bond acceptors (Lipinski definition) is 3. The van der Waals surface area contributed by atoms with E-state index in [1.807, 2.05) is 48.5 Å². The molecule has 0 aliphatic heterocycles. The number of likely N-dealkylation sites (N-methyl/N-ethyl adjacent to an activating group) is 1. The maximum Gasteiger partial charge on any atom is 0.246 e. The Morgan fingerprint density at radius 2 is 1.96 bits per heavy atom. The van der Waals surface area contributed by atoms with Gasteiger partial charge in [0.15, 0.2) is 0 Å². The summed E-state index contributed by atoms with van der Waals surface area (Å²) in [5, 5.41) is 1.53. The van der Waals surface area contributed by atoms with Crippen molar-refractivity contribution in [3.8, 4) is 0 Å². The monoisotopic (exact) mass is 342 g/mol. The molecular weight excluding hydrogens is 328 g/mol. The molecule has 0 spiro atoms. The number of fused-ring (bicyclic) bond motifs is 1. The van der Waals surface area contributed by atoms with Crippen molar-refractivity contribution in [1.82, 2.24) is 9.88 Å². The molecule has 0 fully saturated rings. The molecule has 0 aliphatic rings. The molecule has 3 nitrogen and oxygen atoms in total. The van der Waals surface area contributed by atoms with Crippen molar-refractivity contribution >= 4 is 45.1 Å². The quantitative estimate of drug-likeness (QED) is 0.648. The number of hydrogen-bond donors (Lipinski definition) is 0. The van der Waals surface area contributed by atoms with Gasteiger partial charge in [-0.3, -0.25) is 4.79 Å². The van der Waals surface area contributed by atoms with Crippen molar-refractivity contribution in [3.05, 3.63) is 70.2 Å². The Kier molecular flexibility index (Phi) is 4.74. The second kappa shape index (κ2) is 6.94. The van der Waals surface area contributed by atoms with Gasteiger partial charge in [0, 0.05) is 24.7 Å². The zero-order valence-corrected chi connectivity index (χ0v) is 14.1. The molecule has 0 atom stereocenters. The summed E-state index contributed by atoms with van der Waals surface area (Å²) in [7, 11) is 1.78. The molecule has 0 bridgehead atoms. The van der Waals surface area contributed by atoms with E-state index in [9.17, 15) is 4.79 Å². The molecule has 3 rings (SSSR count). The van der Waals surface area contributed by atoms with Gasteiger partial charge in [0.2, 0.25) is 5.91 Å². The third-order valence-electron chi connectivity index (χ3n) is 3.39. The first-order valence-corrected chi connectivity index (χ1v) is 8.34. The summed E-state index contributed by atoms with van der Waals surface area (Å²) in [6.07, 6.45) is 3.33. The third-order valence-corrected chi connectivity index (χ3v) is 4.64. The Bertz CT molecular complexity index is 822. The van der Waals surface area contributed by atoms with Crippen LogP contribution in [0.15, 0.2) is 54.6 Å². The normalized spacial score (nSPS) is 11.2. The summed E-state index contributed by atoms with van der Waals surface area (Å²) >= 11 is 7.44. The second-order valence-electron chi connectivity index (χ2n) is 5.17. The molecule has 0 aliphatic carbocycles. The van der Waals surface area contributed by atoms with Crippen molar-refractivity contribution in [2.24, 2.45) is 0 Å². The molecule has 1 heterocycles. The molecule has 116 valence electrons. The number of carbonyl (C=O) groups excluding carboxylic acids is 1. The lowest BCUT2D eigenvalue weighted by molar-refractivity contribution is -0.125. The Morgan fingerprint density at radius 3 is 2.70 bits per heavy atom. The highest BCUT2D eigenvalue weighted by atomic mass is 35.5. The van der Waals surface area contributed by atoms with Crippen molar-refractivity contribution in [2.45, 2.75) is 6.54 Å². The standard InChI is InChI=1S/C18H15ClN2OS/c1-21(12-13-6-8-14(19)9-7-13)18(22)11-10-17-20-15-4-2-3-5-16(15)23-17/h2-11H,12H2,1H3/b11-10+. The highest BCUT2D eigenvalue weighted by Crippen LogP contribution is 2.22. The molecule has 0 N–H and O–H groups in total. The van der Waals surface area contributed by atoms with E-state index < -0.39 is 0 Å². The average molecular weight is 343 g/mol. The van der Waals surface area contributed by atoms with Crippen LogP contribution in [-0.4, -0.2) is 22.8 Å². The van der Waals surface area contributed by atoms with Crippen LogP contribution in [0.25, 0.3) is 16.3 Å². The number of para-hydroxylation sites is 1. The molecular formula is C18H15ClN2OS. The van der Waals surface area contributed by atoms with Crippen molar-refractivity contribution in [1.29, 1.82) is 0 Å². The smallest absolute Gasteiger partial charge is 0.246 e. The molecule has 2 aromatic carbocycles.